The van der Waals surface area contributed by atoms with Gasteiger partial charge >= 0.3 is 5.97 Å². The monoisotopic (exact) mass is 331 g/mol. The van der Waals surface area contributed by atoms with Crippen LogP contribution >= 0.6 is 15.9 Å². The highest BCUT2D eigenvalue weighted by Gasteiger charge is 2.22. The summed E-state index contributed by atoms with van der Waals surface area (Å²) in [5, 5.41) is 9.21. The van der Waals surface area contributed by atoms with Gasteiger partial charge in [-0.2, -0.15) is 5.26 Å². The zero-order valence-corrected chi connectivity index (χ0v) is 11.8. The first-order valence-electron chi connectivity index (χ1n) is 5.59. The largest absolute Gasteiger partial charge is 0.466 e. The fourth-order valence-corrected chi connectivity index (χ4v) is 2.27. The van der Waals surface area contributed by atoms with Gasteiger partial charge in [-0.05, 0) is 24.1 Å². The standard InChI is InChI=1S/C13H12BrF2NO2/c1-2-19-11(18)5-10-8(6-14)3-4-9(7-17)12(10)13(15)16/h3-4,13H,2,5-6H2,1H3. The summed E-state index contributed by atoms with van der Waals surface area (Å²) in [6.07, 6.45) is -3.07. The number of halogens is 3. The summed E-state index contributed by atoms with van der Waals surface area (Å²) in [4.78, 5) is 11.5. The maximum absolute atomic E-state index is 13.1. The number of alkyl halides is 3. The first-order valence-corrected chi connectivity index (χ1v) is 6.71. The van der Waals surface area contributed by atoms with Gasteiger partial charge in [0.2, 0.25) is 0 Å². The second-order valence-corrected chi connectivity index (χ2v) is 4.25. The highest BCUT2D eigenvalue weighted by molar-refractivity contribution is 9.08. The Bertz CT molecular complexity index is 512. The lowest BCUT2D eigenvalue weighted by atomic mass is 9.95. The number of carbonyl (C=O) groups excluding carboxylic acids is 1. The maximum atomic E-state index is 13.1. The summed E-state index contributed by atoms with van der Waals surface area (Å²) in [5.41, 5.74) is 0.234. The highest BCUT2D eigenvalue weighted by atomic mass is 79.9. The summed E-state index contributed by atoms with van der Waals surface area (Å²) in [6, 6.07) is 4.63. The fraction of sp³-hybridized carbons (Fsp3) is 0.385. The minimum Gasteiger partial charge on any atom is -0.466 e. The van der Waals surface area contributed by atoms with Crippen molar-refractivity contribution in [3.05, 3.63) is 34.4 Å². The molecule has 1 aromatic rings. The lowest BCUT2D eigenvalue weighted by molar-refractivity contribution is -0.142. The molecule has 0 N–H and O–H groups in total. The van der Waals surface area contributed by atoms with Crippen LogP contribution in [0.3, 0.4) is 0 Å². The van der Waals surface area contributed by atoms with Gasteiger partial charge < -0.3 is 4.74 Å². The van der Waals surface area contributed by atoms with E-state index in [4.69, 9.17) is 10.00 Å². The van der Waals surface area contributed by atoms with Gasteiger partial charge in [-0.1, -0.05) is 22.0 Å². The molecular weight excluding hydrogens is 320 g/mol. The number of nitriles is 1. The average molecular weight is 332 g/mol. The Labute approximate surface area is 118 Å². The smallest absolute Gasteiger partial charge is 0.310 e. The molecule has 0 fully saturated rings. The molecular formula is C13H12BrF2NO2. The zero-order chi connectivity index (χ0) is 14.4. The second-order valence-electron chi connectivity index (χ2n) is 3.69. The Balaban J connectivity index is 3.31. The lowest BCUT2D eigenvalue weighted by Gasteiger charge is -2.14. The zero-order valence-electron chi connectivity index (χ0n) is 10.3. The number of hydrogen-bond donors (Lipinski definition) is 0. The molecule has 0 saturated carbocycles. The number of ether oxygens (including phenoxy) is 1. The summed E-state index contributed by atoms with van der Waals surface area (Å²) >= 11 is 3.19. The maximum Gasteiger partial charge on any atom is 0.310 e. The van der Waals surface area contributed by atoms with E-state index in [1.54, 1.807) is 19.1 Å². The van der Waals surface area contributed by atoms with E-state index in [1.165, 1.54) is 6.07 Å². The van der Waals surface area contributed by atoms with Crippen molar-refractivity contribution in [2.75, 3.05) is 6.61 Å². The molecule has 0 aliphatic carbocycles. The van der Waals surface area contributed by atoms with Crippen LogP contribution in [0.15, 0.2) is 12.1 Å². The predicted octanol–water partition coefficient (Wildman–Crippen LogP) is 3.50. The van der Waals surface area contributed by atoms with Crippen molar-refractivity contribution in [2.45, 2.75) is 25.1 Å². The SMILES string of the molecule is CCOC(=O)Cc1c(CBr)ccc(C#N)c1C(F)F. The lowest BCUT2D eigenvalue weighted by Crippen LogP contribution is -2.12. The second kappa shape index (κ2) is 7.19. The van der Waals surface area contributed by atoms with Gasteiger partial charge in [0, 0.05) is 10.9 Å². The van der Waals surface area contributed by atoms with Gasteiger partial charge in [-0.15, -0.1) is 0 Å². The Morgan fingerprint density at radius 3 is 2.68 bits per heavy atom. The van der Waals surface area contributed by atoms with Crippen molar-refractivity contribution in [3.8, 4) is 6.07 Å². The molecule has 19 heavy (non-hydrogen) atoms. The van der Waals surface area contributed by atoms with Crippen LogP contribution in [0.1, 0.15) is 35.6 Å². The normalized spacial score (nSPS) is 10.3. The van der Waals surface area contributed by atoms with E-state index in [0.717, 1.165) is 0 Å². The summed E-state index contributed by atoms with van der Waals surface area (Å²) in [6.45, 7) is 1.83. The van der Waals surface area contributed by atoms with Gasteiger partial charge in [-0.3, -0.25) is 4.79 Å². The molecule has 0 atom stereocenters. The van der Waals surface area contributed by atoms with Crippen LogP contribution in [0.4, 0.5) is 8.78 Å². The van der Waals surface area contributed by atoms with E-state index in [-0.39, 0.29) is 29.7 Å². The highest BCUT2D eigenvalue weighted by Crippen LogP contribution is 2.30. The van der Waals surface area contributed by atoms with Crippen LogP contribution in [0.2, 0.25) is 0 Å². The molecule has 1 rings (SSSR count). The van der Waals surface area contributed by atoms with E-state index >= 15 is 0 Å². The van der Waals surface area contributed by atoms with Crippen LogP contribution in [0, 0.1) is 11.3 Å². The molecule has 6 heteroatoms. The Morgan fingerprint density at radius 2 is 2.21 bits per heavy atom. The molecule has 0 aliphatic heterocycles. The third-order valence-corrected chi connectivity index (χ3v) is 3.17. The number of carbonyl (C=O) groups is 1. The average Bonchev–Trinajstić information content (AvgIpc) is 2.37. The Hall–Kier alpha value is -1.48. The van der Waals surface area contributed by atoms with Gasteiger partial charge in [-0.25, -0.2) is 8.78 Å². The molecule has 0 aliphatic rings. The summed E-state index contributed by atoms with van der Waals surface area (Å²) in [7, 11) is 0. The molecule has 3 nitrogen and oxygen atoms in total. The Kier molecular flexibility index (Phi) is 5.90. The first kappa shape index (κ1) is 15.6. The van der Waals surface area contributed by atoms with Crippen LogP contribution in [0.25, 0.3) is 0 Å². The molecule has 0 unspecified atom stereocenters. The minimum atomic E-state index is -2.81. The fourth-order valence-electron chi connectivity index (χ4n) is 1.75. The van der Waals surface area contributed by atoms with Crippen molar-refractivity contribution < 1.29 is 18.3 Å². The predicted molar refractivity (Wildman–Crippen MR) is 69.1 cm³/mol. The van der Waals surface area contributed by atoms with Crippen LogP contribution in [-0.4, -0.2) is 12.6 Å². The first-order chi connectivity index (χ1) is 9.04. The number of hydrogen-bond acceptors (Lipinski definition) is 3. The van der Waals surface area contributed by atoms with Crippen LogP contribution < -0.4 is 0 Å². The van der Waals surface area contributed by atoms with E-state index < -0.39 is 12.4 Å². The van der Waals surface area contributed by atoms with Crippen molar-refractivity contribution in [1.82, 2.24) is 0 Å². The van der Waals surface area contributed by atoms with Gasteiger partial charge in [0.05, 0.1) is 24.7 Å². The molecule has 1 aromatic carbocycles. The van der Waals surface area contributed by atoms with Gasteiger partial charge in [0.15, 0.2) is 0 Å². The van der Waals surface area contributed by atoms with E-state index in [9.17, 15) is 13.6 Å². The van der Waals surface area contributed by atoms with Crippen molar-refractivity contribution in [3.63, 3.8) is 0 Å². The third-order valence-electron chi connectivity index (χ3n) is 2.56. The summed E-state index contributed by atoms with van der Waals surface area (Å²) in [5.74, 6) is -0.582. The molecule has 0 spiro atoms. The number of rotatable bonds is 5. The Morgan fingerprint density at radius 1 is 1.53 bits per heavy atom. The number of nitrogens with zero attached hydrogens (tertiary/aromatic N) is 1. The molecule has 0 radical (unpaired) electrons. The molecule has 0 saturated heterocycles. The quantitative estimate of drug-likeness (QED) is 0.613. The van der Waals surface area contributed by atoms with E-state index in [1.807, 2.05) is 0 Å². The van der Waals surface area contributed by atoms with Gasteiger partial charge in [0.1, 0.15) is 0 Å². The van der Waals surface area contributed by atoms with Crippen molar-refractivity contribution in [2.24, 2.45) is 0 Å². The van der Waals surface area contributed by atoms with Crippen molar-refractivity contribution in [1.29, 1.82) is 5.26 Å². The minimum absolute atomic E-state index is 0.112. The number of esters is 1. The van der Waals surface area contributed by atoms with E-state index in [2.05, 4.69) is 15.9 Å². The van der Waals surface area contributed by atoms with Crippen LogP contribution in [-0.2, 0) is 21.3 Å². The van der Waals surface area contributed by atoms with E-state index in [0.29, 0.717) is 10.9 Å². The topological polar surface area (TPSA) is 50.1 Å². The van der Waals surface area contributed by atoms with Crippen molar-refractivity contribution >= 4 is 21.9 Å². The molecule has 0 heterocycles. The number of benzene rings is 1. The van der Waals surface area contributed by atoms with Gasteiger partial charge in [0.25, 0.3) is 6.43 Å². The summed E-state index contributed by atoms with van der Waals surface area (Å²) < 4.78 is 31.0. The third kappa shape index (κ3) is 3.74. The molecule has 0 bridgehead atoms. The van der Waals surface area contributed by atoms with Crippen LogP contribution in [0.5, 0.6) is 0 Å². The molecule has 0 amide bonds. The molecule has 0 aromatic heterocycles. The molecule has 102 valence electrons.